The van der Waals surface area contributed by atoms with Gasteiger partial charge >= 0.3 is 0 Å². The molecule has 158 valence electrons. The molecule has 7 unspecified atom stereocenters. The summed E-state index contributed by atoms with van der Waals surface area (Å²) < 4.78 is -0.606. The molecule has 4 rings (SSSR count). The van der Waals surface area contributed by atoms with Crippen LogP contribution in [-0.2, 0) is 9.59 Å². The van der Waals surface area contributed by atoms with Gasteiger partial charge in [0.15, 0.2) is 5.78 Å². The average molecular weight is 412 g/mol. The zero-order valence-electron chi connectivity index (χ0n) is 19.9. The number of hydrogen-bond donors (Lipinski definition) is 1. The van der Waals surface area contributed by atoms with E-state index in [1.807, 2.05) is 13.8 Å². The topological polar surface area (TPSA) is 34.1 Å². The van der Waals surface area contributed by atoms with E-state index in [4.69, 9.17) is 12.6 Å². The maximum Gasteiger partial charge on any atom is 0.174 e. The molecule has 0 heterocycles. The lowest BCUT2D eigenvalue weighted by atomic mass is 9.40. The normalized spacial score (nSPS) is 50.8. The minimum Gasteiger partial charge on any atom is -0.300 e. The summed E-state index contributed by atoms with van der Waals surface area (Å²) in [6, 6.07) is 0. The Bertz CT molecular complexity index is 842. The minimum atomic E-state index is -0.606. The number of carbonyl (C=O) groups excluding carboxylic acids is 2. The quantitative estimate of drug-likeness (QED) is 0.487. The van der Waals surface area contributed by atoms with E-state index >= 15 is 0 Å². The molecule has 3 saturated carbocycles. The highest BCUT2D eigenvalue weighted by atomic mass is 32.1. The average Bonchev–Trinajstić information content (AvgIpc) is 2.71. The fourth-order valence-electron chi connectivity index (χ4n) is 9.60. The van der Waals surface area contributed by atoms with Crippen LogP contribution in [0.2, 0.25) is 5.21 Å². The Morgan fingerprint density at radius 1 is 0.966 bits per heavy atom. The number of carbonyl (C=O) groups is 2. The van der Waals surface area contributed by atoms with Crippen molar-refractivity contribution in [2.24, 2.45) is 39.9 Å². The van der Waals surface area contributed by atoms with Crippen molar-refractivity contribution in [2.45, 2.75) is 84.1 Å². The van der Waals surface area contributed by atoms with Gasteiger partial charge in [0.1, 0.15) is 21.5 Å². The van der Waals surface area contributed by atoms with E-state index in [0.29, 0.717) is 29.5 Å². The largest absolute Gasteiger partial charge is 0.300 e. The molecule has 0 bridgehead atoms. The lowest BCUT2D eigenvalue weighted by molar-refractivity contribution is -0.142. The summed E-state index contributed by atoms with van der Waals surface area (Å²) in [5.74, 6) is 2.67. The van der Waals surface area contributed by atoms with Gasteiger partial charge < -0.3 is 4.79 Å². The first-order valence-corrected chi connectivity index (χ1v) is 12.0. The Morgan fingerprint density at radius 3 is 2.14 bits per heavy atom. The molecule has 4 aliphatic carbocycles. The molecule has 0 spiro atoms. The molecular formula is C24H38B2O2S. The first kappa shape index (κ1) is 21.8. The van der Waals surface area contributed by atoms with Gasteiger partial charge in [0, 0.05) is 5.41 Å². The molecule has 0 radical (unpaired) electrons. The van der Waals surface area contributed by atoms with Crippen molar-refractivity contribution in [3.63, 3.8) is 0 Å². The third kappa shape index (κ3) is 2.64. The molecule has 2 nitrogen and oxygen atoms in total. The third-order valence-corrected chi connectivity index (χ3v) is 10.0. The Labute approximate surface area is 184 Å². The van der Waals surface area contributed by atoms with E-state index in [0.717, 1.165) is 31.3 Å². The molecule has 29 heavy (non-hydrogen) atoms. The van der Waals surface area contributed by atoms with Gasteiger partial charge in [-0.2, -0.15) is 12.6 Å². The molecule has 0 aromatic carbocycles. The Balaban J connectivity index is 1.91. The number of Topliss-reactive ketones (excluding diaryl/α,β-unsaturated/α-hetero) is 2. The van der Waals surface area contributed by atoms with Gasteiger partial charge in [-0.25, -0.2) is 0 Å². The first-order chi connectivity index (χ1) is 13.0. The standard InChI is InChI=1S/C24H38B2O2S/c1-12-8-21(5)15(10-24(25,26)19(21)28)14-9-20(3,4)17-13(2)18(27)23(7,29)11-22(17,6)16(12)14/h12,14-16,29H,8-11,25-26H2,1-7H3. The Kier molecular flexibility index (Phi) is 4.41. The van der Waals surface area contributed by atoms with Crippen molar-refractivity contribution in [1.82, 2.24) is 0 Å². The van der Waals surface area contributed by atoms with Crippen LogP contribution < -0.4 is 0 Å². The fourth-order valence-corrected chi connectivity index (χ4v) is 10.1. The summed E-state index contributed by atoms with van der Waals surface area (Å²) in [5.41, 5.74) is 2.11. The predicted molar refractivity (Wildman–Crippen MR) is 128 cm³/mol. The van der Waals surface area contributed by atoms with E-state index in [-0.39, 0.29) is 27.2 Å². The van der Waals surface area contributed by atoms with Crippen molar-refractivity contribution >= 4 is 39.9 Å². The van der Waals surface area contributed by atoms with Crippen LogP contribution >= 0.6 is 12.6 Å². The van der Waals surface area contributed by atoms with Crippen LogP contribution in [0.25, 0.3) is 0 Å². The smallest absolute Gasteiger partial charge is 0.174 e. The molecular weight excluding hydrogens is 374 g/mol. The molecule has 5 heteroatoms. The zero-order chi connectivity index (χ0) is 21.9. The minimum absolute atomic E-state index is 0.0202. The summed E-state index contributed by atoms with van der Waals surface area (Å²) in [4.78, 5) is 26.6. The van der Waals surface area contributed by atoms with Gasteiger partial charge in [-0.05, 0) is 78.4 Å². The number of hydrogen-bond acceptors (Lipinski definition) is 3. The van der Waals surface area contributed by atoms with E-state index in [1.54, 1.807) is 0 Å². The number of ketones is 2. The van der Waals surface area contributed by atoms with Crippen LogP contribution in [0, 0.1) is 39.9 Å². The second-order valence-electron chi connectivity index (χ2n) is 13.1. The first-order valence-electron chi connectivity index (χ1n) is 11.5. The predicted octanol–water partition coefficient (Wildman–Crippen LogP) is 3.65. The second kappa shape index (κ2) is 5.87. The monoisotopic (exact) mass is 412 g/mol. The Morgan fingerprint density at radius 2 is 1.55 bits per heavy atom. The van der Waals surface area contributed by atoms with Gasteiger partial charge in [-0.3, -0.25) is 4.79 Å². The molecule has 3 fully saturated rings. The van der Waals surface area contributed by atoms with Crippen LogP contribution in [0.15, 0.2) is 11.1 Å². The highest BCUT2D eigenvalue weighted by Gasteiger charge is 2.68. The van der Waals surface area contributed by atoms with Crippen LogP contribution in [0.3, 0.4) is 0 Å². The van der Waals surface area contributed by atoms with Crippen molar-refractivity contribution < 1.29 is 9.59 Å². The number of rotatable bonds is 0. The van der Waals surface area contributed by atoms with E-state index in [9.17, 15) is 9.59 Å². The summed E-state index contributed by atoms with van der Waals surface area (Å²) in [5, 5.41) is -0.217. The summed E-state index contributed by atoms with van der Waals surface area (Å²) >= 11 is 4.88. The second-order valence-corrected chi connectivity index (χ2v) is 14.1. The summed E-state index contributed by atoms with van der Waals surface area (Å²) in [7, 11) is 4.32. The van der Waals surface area contributed by atoms with Crippen molar-refractivity contribution in [2.75, 3.05) is 0 Å². The molecule has 0 aliphatic heterocycles. The molecule has 0 amide bonds. The highest BCUT2D eigenvalue weighted by Crippen LogP contribution is 2.72. The molecule has 0 N–H and O–H groups in total. The van der Waals surface area contributed by atoms with Crippen LogP contribution in [0.5, 0.6) is 0 Å². The summed E-state index contributed by atoms with van der Waals surface area (Å²) in [6.45, 7) is 15.8. The van der Waals surface area contributed by atoms with E-state index < -0.39 is 4.75 Å². The molecule has 0 aromatic rings. The SMILES string of the molecule is BC1(B)CC2C3CC(C)(C)C4=C(C)C(=O)C(C)(S)CC4(C)C3C(C)CC2(C)C1=O. The summed E-state index contributed by atoms with van der Waals surface area (Å²) in [6.07, 6.45) is 3.90. The van der Waals surface area contributed by atoms with E-state index in [1.165, 1.54) is 5.57 Å². The van der Waals surface area contributed by atoms with Crippen molar-refractivity contribution in [3.05, 3.63) is 11.1 Å². The van der Waals surface area contributed by atoms with Gasteiger partial charge in [-0.1, -0.05) is 46.6 Å². The lowest BCUT2D eigenvalue weighted by Gasteiger charge is -2.65. The maximum absolute atomic E-state index is 13.5. The van der Waals surface area contributed by atoms with Crippen LogP contribution in [-0.4, -0.2) is 32.0 Å². The molecule has 7 atom stereocenters. The van der Waals surface area contributed by atoms with Gasteiger partial charge in [0.25, 0.3) is 0 Å². The number of allylic oxidation sites excluding steroid dienone is 1. The molecule has 4 aliphatic rings. The van der Waals surface area contributed by atoms with Gasteiger partial charge in [-0.15, -0.1) is 0 Å². The maximum atomic E-state index is 13.5. The van der Waals surface area contributed by atoms with Gasteiger partial charge in [0.05, 0.1) is 4.75 Å². The lowest BCUT2D eigenvalue weighted by Crippen LogP contribution is -2.60. The van der Waals surface area contributed by atoms with Crippen molar-refractivity contribution in [1.29, 1.82) is 0 Å². The third-order valence-electron chi connectivity index (χ3n) is 9.66. The number of thiol groups is 1. The molecule has 0 saturated heterocycles. The van der Waals surface area contributed by atoms with E-state index in [2.05, 4.69) is 50.3 Å². The zero-order valence-corrected chi connectivity index (χ0v) is 20.8. The highest BCUT2D eigenvalue weighted by molar-refractivity contribution is 7.82. The van der Waals surface area contributed by atoms with Gasteiger partial charge in [0.2, 0.25) is 0 Å². The Hall–Kier alpha value is -0.440. The molecule has 0 aromatic heterocycles. The van der Waals surface area contributed by atoms with Crippen LogP contribution in [0.4, 0.5) is 0 Å². The van der Waals surface area contributed by atoms with Crippen LogP contribution in [0.1, 0.15) is 74.1 Å². The fraction of sp³-hybridized carbons (Fsp3) is 0.833. The number of fused-ring (bicyclic) bond motifs is 5. The van der Waals surface area contributed by atoms with Crippen molar-refractivity contribution in [3.8, 4) is 0 Å².